The molecule has 0 atom stereocenters. The number of carbonyl (C=O) groups excluding carboxylic acids is 1. The van der Waals surface area contributed by atoms with Gasteiger partial charge in [0.2, 0.25) is 6.41 Å². The van der Waals surface area contributed by atoms with Crippen LogP contribution in [0.4, 0.5) is 0 Å². The standard InChI is InChI=1S/C10H19NO/c1-9(2)6-5-7-10(3,4)11(9)8-12/h8H,5-7H2,1-4H3. The van der Waals surface area contributed by atoms with Crippen LogP contribution in [-0.4, -0.2) is 22.4 Å². The van der Waals surface area contributed by atoms with E-state index in [-0.39, 0.29) is 11.1 Å². The first-order valence-corrected chi connectivity index (χ1v) is 4.65. The molecule has 70 valence electrons. The first-order chi connectivity index (χ1) is 5.40. The van der Waals surface area contributed by atoms with Crippen molar-refractivity contribution >= 4 is 6.41 Å². The molecule has 1 aliphatic heterocycles. The molecule has 1 amide bonds. The Kier molecular flexibility index (Phi) is 2.19. The Hall–Kier alpha value is -0.530. The van der Waals surface area contributed by atoms with Crippen molar-refractivity contribution in [3.63, 3.8) is 0 Å². The predicted molar refractivity (Wildman–Crippen MR) is 49.9 cm³/mol. The van der Waals surface area contributed by atoms with Crippen molar-refractivity contribution in [2.45, 2.75) is 58.0 Å². The first kappa shape index (κ1) is 9.56. The van der Waals surface area contributed by atoms with Gasteiger partial charge in [-0.1, -0.05) is 0 Å². The second-order valence-corrected chi connectivity index (χ2v) is 4.95. The maximum atomic E-state index is 10.9. The fraction of sp³-hybridized carbons (Fsp3) is 0.900. The van der Waals surface area contributed by atoms with E-state index in [9.17, 15) is 4.79 Å². The summed E-state index contributed by atoms with van der Waals surface area (Å²) < 4.78 is 0. The summed E-state index contributed by atoms with van der Waals surface area (Å²) in [6.45, 7) is 8.56. The minimum Gasteiger partial charge on any atom is -0.335 e. The second-order valence-electron chi connectivity index (χ2n) is 4.95. The highest BCUT2D eigenvalue weighted by Gasteiger charge is 2.39. The van der Waals surface area contributed by atoms with Crippen LogP contribution < -0.4 is 0 Å². The minimum atomic E-state index is 0.0451. The Morgan fingerprint density at radius 2 is 1.50 bits per heavy atom. The van der Waals surface area contributed by atoms with Gasteiger partial charge in [-0.25, -0.2) is 0 Å². The number of hydrogen-bond acceptors (Lipinski definition) is 1. The van der Waals surface area contributed by atoms with Crippen molar-refractivity contribution in [3.05, 3.63) is 0 Å². The van der Waals surface area contributed by atoms with Crippen LogP contribution >= 0.6 is 0 Å². The summed E-state index contributed by atoms with van der Waals surface area (Å²) in [7, 11) is 0. The first-order valence-electron chi connectivity index (χ1n) is 4.65. The van der Waals surface area contributed by atoms with Crippen LogP contribution in [0, 0.1) is 0 Å². The average Bonchev–Trinajstić information content (AvgIpc) is 1.83. The largest absolute Gasteiger partial charge is 0.335 e. The maximum absolute atomic E-state index is 10.9. The van der Waals surface area contributed by atoms with Gasteiger partial charge in [0, 0.05) is 11.1 Å². The lowest BCUT2D eigenvalue weighted by atomic mass is 9.80. The van der Waals surface area contributed by atoms with Crippen molar-refractivity contribution in [3.8, 4) is 0 Å². The highest BCUT2D eigenvalue weighted by Crippen LogP contribution is 2.36. The number of hydrogen-bond donors (Lipinski definition) is 0. The normalized spacial score (nSPS) is 26.8. The van der Waals surface area contributed by atoms with E-state index in [0.29, 0.717) is 0 Å². The highest BCUT2D eigenvalue weighted by atomic mass is 16.1. The molecule has 12 heavy (non-hydrogen) atoms. The molecule has 1 saturated heterocycles. The zero-order valence-corrected chi connectivity index (χ0v) is 8.55. The van der Waals surface area contributed by atoms with Gasteiger partial charge >= 0.3 is 0 Å². The number of amides is 1. The average molecular weight is 169 g/mol. The molecule has 0 radical (unpaired) electrons. The lowest BCUT2D eigenvalue weighted by Crippen LogP contribution is -2.57. The maximum Gasteiger partial charge on any atom is 0.210 e. The number of nitrogens with zero attached hydrogens (tertiary/aromatic N) is 1. The topological polar surface area (TPSA) is 20.3 Å². The lowest BCUT2D eigenvalue weighted by molar-refractivity contribution is -0.134. The summed E-state index contributed by atoms with van der Waals surface area (Å²) in [6.07, 6.45) is 4.47. The van der Waals surface area contributed by atoms with Crippen molar-refractivity contribution < 1.29 is 4.79 Å². The van der Waals surface area contributed by atoms with Gasteiger partial charge in [0.15, 0.2) is 0 Å². The Morgan fingerprint density at radius 1 is 1.08 bits per heavy atom. The Morgan fingerprint density at radius 3 is 1.75 bits per heavy atom. The third-order valence-electron chi connectivity index (χ3n) is 2.99. The van der Waals surface area contributed by atoms with E-state index in [2.05, 4.69) is 27.7 Å². The van der Waals surface area contributed by atoms with E-state index in [4.69, 9.17) is 0 Å². The molecular weight excluding hydrogens is 150 g/mol. The quantitative estimate of drug-likeness (QED) is 0.551. The molecule has 1 fully saturated rings. The molecule has 1 aliphatic rings. The molecule has 0 unspecified atom stereocenters. The molecule has 0 aromatic carbocycles. The van der Waals surface area contributed by atoms with Gasteiger partial charge in [-0.2, -0.15) is 0 Å². The molecule has 0 bridgehead atoms. The zero-order valence-electron chi connectivity index (χ0n) is 8.55. The van der Waals surface area contributed by atoms with E-state index in [1.54, 1.807) is 0 Å². The number of likely N-dealkylation sites (tertiary alicyclic amines) is 1. The fourth-order valence-electron chi connectivity index (χ4n) is 2.30. The van der Waals surface area contributed by atoms with E-state index in [1.807, 2.05) is 4.90 Å². The van der Waals surface area contributed by atoms with Gasteiger partial charge < -0.3 is 4.90 Å². The Bertz CT molecular complexity index is 168. The molecule has 2 nitrogen and oxygen atoms in total. The van der Waals surface area contributed by atoms with Crippen LogP contribution in [0.2, 0.25) is 0 Å². The smallest absolute Gasteiger partial charge is 0.210 e. The van der Waals surface area contributed by atoms with E-state index in [0.717, 1.165) is 19.3 Å². The lowest BCUT2D eigenvalue weighted by Gasteiger charge is -2.50. The molecule has 2 heteroatoms. The SMILES string of the molecule is CC1(C)CCCC(C)(C)N1C=O. The predicted octanol–water partition coefficient (Wildman–Crippen LogP) is 2.19. The Balaban J connectivity index is 2.88. The molecule has 0 aliphatic carbocycles. The van der Waals surface area contributed by atoms with Gasteiger partial charge in [-0.05, 0) is 47.0 Å². The molecule has 0 aromatic heterocycles. The molecule has 0 aromatic rings. The number of piperidine rings is 1. The highest BCUT2D eigenvalue weighted by molar-refractivity contribution is 5.51. The summed E-state index contributed by atoms with van der Waals surface area (Å²) in [4.78, 5) is 12.9. The third kappa shape index (κ3) is 1.47. The van der Waals surface area contributed by atoms with Gasteiger partial charge in [-0.3, -0.25) is 4.79 Å². The third-order valence-corrected chi connectivity index (χ3v) is 2.99. The van der Waals surface area contributed by atoms with E-state index in [1.165, 1.54) is 6.42 Å². The van der Waals surface area contributed by atoms with Crippen LogP contribution in [0.25, 0.3) is 0 Å². The molecule has 0 N–H and O–H groups in total. The summed E-state index contributed by atoms with van der Waals surface area (Å²) in [5, 5.41) is 0. The van der Waals surface area contributed by atoms with Crippen molar-refractivity contribution in [2.75, 3.05) is 0 Å². The molecule has 1 heterocycles. The minimum absolute atomic E-state index is 0.0451. The van der Waals surface area contributed by atoms with Crippen molar-refractivity contribution in [2.24, 2.45) is 0 Å². The van der Waals surface area contributed by atoms with Gasteiger partial charge in [-0.15, -0.1) is 0 Å². The van der Waals surface area contributed by atoms with Crippen LogP contribution in [0.5, 0.6) is 0 Å². The van der Waals surface area contributed by atoms with Gasteiger partial charge in [0.25, 0.3) is 0 Å². The second kappa shape index (κ2) is 2.75. The van der Waals surface area contributed by atoms with E-state index >= 15 is 0 Å². The molecule has 1 rings (SSSR count). The van der Waals surface area contributed by atoms with Crippen LogP contribution in [0.15, 0.2) is 0 Å². The fourth-order valence-corrected chi connectivity index (χ4v) is 2.30. The summed E-state index contributed by atoms with van der Waals surface area (Å²) in [5.74, 6) is 0. The number of rotatable bonds is 1. The van der Waals surface area contributed by atoms with E-state index < -0.39 is 0 Å². The van der Waals surface area contributed by atoms with Crippen molar-refractivity contribution in [1.82, 2.24) is 4.90 Å². The van der Waals surface area contributed by atoms with Crippen LogP contribution in [-0.2, 0) is 4.79 Å². The van der Waals surface area contributed by atoms with Crippen LogP contribution in [0.1, 0.15) is 47.0 Å². The van der Waals surface area contributed by atoms with Gasteiger partial charge in [0.1, 0.15) is 0 Å². The summed E-state index contributed by atoms with van der Waals surface area (Å²) in [5.41, 5.74) is 0.0903. The molecular formula is C10H19NO. The van der Waals surface area contributed by atoms with Crippen molar-refractivity contribution in [1.29, 1.82) is 0 Å². The summed E-state index contributed by atoms with van der Waals surface area (Å²) >= 11 is 0. The zero-order chi connectivity index (χ0) is 9.41. The molecule has 0 spiro atoms. The molecule has 0 saturated carbocycles. The monoisotopic (exact) mass is 169 g/mol. The van der Waals surface area contributed by atoms with Gasteiger partial charge in [0.05, 0.1) is 0 Å². The Labute approximate surface area is 74.9 Å². The van der Waals surface area contributed by atoms with Crippen LogP contribution in [0.3, 0.4) is 0 Å². The summed E-state index contributed by atoms with van der Waals surface area (Å²) in [6, 6.07) is 0. The number of carbonyl (C=O) groups is 1.